The molecule has 0 rings (SSSR count). The second-order valence-electron chi connectivity index (χ2n) is 4.33. The SMILES string of the molecule is CCCCOC(C=O)(OCCCC)OCCCC. The first-order valence-electron chi connectivity index (χ1n) is 7.12. The highest BCUT2D eigenvalue weighted by Crippen LogP contribution is 2.15. The van der Waals surface area contributed by atoms with Crippen LogP contribution in [-0.2, 0) is 19.0 Å². The topological polar surface area (TPSA) is 44.8 Å². The van der Waals surface area contributed by atoms with Crippen LogP contribution in [0.3, 0.4) is 0 Å². The summed E-state index contributed by atoms with van der Waals surface area (Å²) in [5.74, 6) is -1.49. The minimum absolute atomic E-state index is 0.480. The summed E-state index contributed by atoms with van der Waals surface area (Å²) in [5.41, 5.74) is 0. The molecule has 0 aromatic carbocycles. The molecule has 0 N–H and O–H groups in total. The molecular weight excluding hydrogens is 232 g/mol. The Hall–Kier alpha value is -0.450. The van der Waals surface area contributed by atoms with Crippen molar-refractivity contribution in [3.8, 4) is 0 Å². The lowest BCUT2D eigenvalue weighted by Gasteiger charge is -2.28. The van der Waals surface area contributed by atoms with Crippen LogP contribution < -0.4 is 0 Å². The van der Waals surface area contributed by atoms with Crippen molar-refractivity contribution in [1.82, 2.24) is 0 Å². The van der Waals surface area contributed by atoms with Crippen molar-refractivity contribution in [3.63, 3.8) is 0 Å². The molecule has 0 fully saturated rings. The molecule has 0 aliphatic rings. The van der Waals surface area contributed by atoms with Gasteiger partial charge in [0.15, 0.2) is 0 Å². The molecule has 0 heterocycles. The summed E-state index contributed by atoms with van der Waals surface area (Å²) in [6.07, 6.45) is 6.35. The number of rotatable bonds is 13. The summed E-state index contributed by atoms with van der Waals surface area (Å²) >= 11 is 0. The Bertz CT molecular complexity index is 168. The van der Waals surface area contributed by atoms with Gasteiger partial charge in [-0.15, -0.1) is 0 Å². The molecule has 18 heavy (non-hydrogen) atoms. The van der Waals surface area contributed by atoms with E-state index >= 15 is 0 Å². The summed E-state index contributed by atoms with van der Waals surface area (Å²) in [6, 6.07) is 0. The van der Waals surface area contributed by atoms with Crippen LogP contribution in [0.15, 0.2) is 0 Å². The van der Waals surface area contributed by atoms with Crippen LogP contribution in [0.5, 0.6) is 0 Å². The van der Waals surface area contributed by atoms with Gasteiger partial charge in [0.2, 0.25) is 6.29 Å². The number of aldehydes is 1. The van der Waals surface area contributed by atoms with E-state index in [0.29, 0.717) is 26.1 Å². The Kier molecular flexibility index (Phi) is 11.3. The predicted octanol–water partition coefficient (Wildman–Crippen LogP) is 3.29. The van der Waals surface area contributed by atoms with E-state index in [0.717, 1.165) is 38.5 Å². The van der Waals surface area contributed by atoms with Crippen LogP contribution in [-0.4, -0.2) is 32.1 Å². The van der Waals surface area contributed by atoms with Gasteiger partial charge in [-0.05, 0) is 19.3 Å². The highest BCUT2D eigenvalue weighted by atomic mass is 16.9. The average molecular weight is 260 g/mol. The Balaban J connectivity index is 4.25. The van der Waals surface area contributed by atoms with E-state index in [-0.39, 0.29) is 0 Å². The van der Waals surface area contributed by atoms with E-state index in [9.17, 15) is 4.79 Å². The Labute approximate surface area is 111 Å². The van der Waals surface area contributed by atoms with Crippen molar-refractivity contribution in [2.45, 2.75) is 65.3 Å². The van der Waals surface area contributed by atoms with E-state index in [2.05, 4.69) is 20.8 Å². The highest BCUT2D eigenvalue weighted by Gasteiger charge is 2.33. The van der Waals surface area contributed by atoms with Crippen molar-refractivity contribution >= 4 is 6.29 Å². The first-order valence-corrected chi connectivity index (χ1v) is 7.12. The predicted molar refractivity (Wildman–Crippen MR) is 71.4 cm³/mol. The zero-order valence-corrected chi connectivity index (χ0v) is 12.1. The normalized spacial score (nSPS) is 11.7. The standard InChI is InChI=1S/C14H28O4/c1-4-7-10-16-14(13-15,17-11-8-5-2)18-12-9-6-3/h13H,4-12H2,1-3H3. The van der Waals surface area contributed by atoms with Gasteiger partial charge in [-0.3, -0.25) is 4.79 Å². The molecule has 0 spiro atoms. The fraction of sp³-hybridized carbons (Fsp3) is 0.929. The maximum atomic E-state index is 11.2. The number of hydrogen-bond acceptors (Lipinski definition) is 4. The number of carbonyl (C=O) groups is 1. The smallest absolute Gasteiger partial charge is 0.321 e. The molecule has 0 radical (unpaired) electrons. The van der Waals surface area contributed by atoms with Crippen LogP contribution in [0.4, 0.5) is 0 Å². The van der Waals surface area contributed by atoms with Crippen LogP contribution in [0, 0.1) is 0 Å². The van der Waals surface area contributed by atoms with Crippen LogP contribution in [0.1, 0.15) is 59.3 Å². The fourth-order valence-electron chi connectivity index (χ4n) is 1.30. The summed E-state index contributed by atoms with van der Waals surface area (Å²) in [4.78, 5) is 11.2. The Morgan fingerprint density at radius 3 is 1.33 bits per heavy atom. The van der Waals surface area contributed by atoms with Gasteiger partial charge in [-0.1, -0.05) is 40.0 Å². The summed E-state index contributed by atoms with van der Waals surface area (Å²) in [6.45, 7) is 7.65. The third-order valence-electron chi connectivity index (χ3n) is 2.55. The molecule has 0 aromatic rings. The van der Waals surface area contributed by atoms with E-state index in [1.54, 1.807) is 0 Å². The molecule has 108 valence electrons. The zero-order valence-electron chi connectivity index (χ0n) is 12.1. The van der Waals surface area contributed by atoms with Gasteiger partial charge in [0, 0.05) is 0 Å². The van der Waals surface area contributed by atoms with Gasteiger partial charge >= 0.3 is 5.97 Å². The van der Waals surface area contributed by atoms with Gasteiger partial charge in [0.25, 0.3) is 0 Å². The minimum atomic E-state index is -1.49. The highest BCUT2D eigenvalue weighted by molar-refractivity contribution is 5.57. The van der Waals surface area contributed by atoms with Crippen LogP contribution in [0.25, 0.3) is 0 Å². The molecule has 0 aliphatic heterocycles. The van der Waals surface area contributed by atoms with Crippen LogP contribution >= 0.6 is 0 Å². The maximum Gasteiger partial charge on any atom is 0.343 e. The van der Waals surface area contributed by atoms with E-state index in [1.165, 1.54) is 0 Å². The second kappa shape index (κ2) is 11.6. The zero-order chi connectivity index (χ0) is 13.7. The first-order chi connectivity index (χ1) is 8.74. The Morgan fingerprint density at radius 2 is 1.11 bits per heavy atom. The van der Waals surface area contributed by atoms with Crippen molar-refractivity contribution < 1.29 is 19.0 Å². The summed E-state index contributed by atoms with van der Waals surface area (Å²) in [7, 11) is 0. The van der Waals surface area contributed by atoms with E-state index in [4.69, 9.17) is 14.2 Å². The third kappa shape index (κ3) is 7.80. The van der Waals surface area contributed by atoms with Gasteiger partial charge in [0.1, 0.15) is 0 Å². The molecule has 0 atom stereocenters. The van der Waals surface area contributed by atoms with Gasteiger partial charge in [-0.25, -0.2) is 0 Å². The van der Waals surface area contributed by atoms with Crippen molar-refractivity contribution in [3.05, 3.63) is 0 Å². The maximum absolute atomic E-state index is 11.2. The van der Waals surface area contributed by atoms with E-state index < -0.39 is 5.97 Å². The largest absolute Gasteiger partial charge is 0.343 e. The average Bonchev–Trinajstić information content (AvgIpc) is 2.39. The number of unbranched alkanes of at least 4 members (excludes halogenated alkanes) is 3. The molecule has 0 aliphatic carbocycles. The van der Waals surface area contributed by atoms with Gasteiger partial charge in [-0.2, -0.15) is 0 Å². The number of ether oxygens (including phenoxy) is 3. The quantitative estimate of drug-likeness (QED) is 0.289. The molecule has 0 bridgehead atoms. The molecule has 0 unspecified atom stereocenters. The van der Waals surface area contributed by atoms with Crippen molar-refractivity contribution in [1.29, 1.82) is 0 Å². The Morgan fingerprint density at radius 1 is 0.778 bits per heavy atom. The van der Waals surface area contributed by atoms with Crippen LogP contribution in [0.2, 0.25) is 0 Å². The number of carbonyl (C=O) groups excluding carboxylic acids is 1. The van der Waals surface area contributed by atoms with Crippen molar-refractivity contribution in [2.24, 2.45) is 0 Å². The summed E-state index contributed by atoms with van der Waals surface area (Å²) in [5, 5.41) is 0. The molecule has 0 amide bonds. The molecule has 4 nitrogen and oxygen atoms in total. The lowest BCUT2D eigenvalue weighted by Crippen LogP contribution is -2.42. The van der Waals surface area contributed by atoms with Crippen molar-refractivity contribution in [2.75, 3.05) is 19.8 Å². The fourth-order valence-corrected chi connectivity index (χ4v) is 1.30. The van der Waals surface area contributed by atoms with Gasteiger partial charge in [0.05, 0.1) is 19.8 Å². The third-order valence-corrected chi connectivity index (χ3v) is 2.55. The lowest BCUT2D eigenvalue weighted by atomic mass is 10.3. The minimum Gasteiger partial charge on any atom is -0.321 e. The van der Waals surface area contributed by atoms with Gasteiger partial charge < -0.3 is 14.2 Å². The molecular formula is C14H28O4. The molecule has 0 saturated carbocycles. The lowest BCUT2D eigenvalue weighted by molar-refractivity contribution is -0.347. The van der Waals surface area contributed by atoms with E-state index in [1.807, 2.05) is 0 Å². The number of hydrogen-bond donors (Lipinski definition) is 0. The molecule has 0 saturated heterocycles. The summed E-state index contributed by atoms with van der Waals surface area (Å²) < 4.78 is 16.5. The first kappa shape index (κ1) is 17.6. The molecule has 0 aromatic heterocycles. The second-order valence-corrected chi connectivity index (χ2v) is 4.33. The molecule has 4 heteroatoms. The monoisotopic (exact) mass is 260 g/mol.